The lowest BCUT2D eigenvalue weighted by Crippen LogP contribution is -2.31. The van der Waals surface area contributed by atoms with E-state index >= 15 is 0 Å². The normalized spacial score (nSPS) is 12.9. The summed E-state index contributed by atoms with van der Waals surface area (Å²) in [6, 6.07) is 0. The van der Waals surface area contributed by atoms with Gasteiger partial charge in [0, 0.05) is 11.4 Å². The molecule has 1 aromatic heterocycles. The van der Waals surface area contributed by atoms with Gasteiger partial charge in [0.1, 0.15) is 0 Å². The summed E-state index contributed by atoms with van der Waals surface area (Å²) in [7, 11) is 0. The predicted octanol–water partition coefficient (Wildman–Crippen LogP) is 2.13. The summed E-state index contributed by atoms with van der Waals surface area (Å²) in [5.74, 6) is 0.551. The van der Waals surface area contributed by atoms with Crippen LogP contribution in [0.3, 0.4) is 0 Å². The Bertz CT molecular complexity index is 336. The molecule has 0 aromatic carbocycles. The van der Waals surface area contributed by atoms with E-state index in [1.165, 1.54) is 6.39 Å². The van der Waals surface area contributed by atoms with Gasteiger partial charge in [0.05, 0.1) is 5.69 Å². The first-order valence-corrected chi connectivity index (χ1v) is 5.76. The minimum Gasteiger partial charge on any atom is -0.438 e. The maximum absolute atomic E-state index is 11.6. The van der Waals surface area contributed by atoms with Crippen LogP contribution in [0.5, 0.6) is 0 Å². The number of alkyl halides is 1. The smallest absolute Gasteiger partial charge is 0.289 e. The second-order valence-corrected chi connectivity index (χ2v) is 4.91. The number of amides is 1. The Balaban J connectivity index is 2.47. The Labute approximate surface area is 97.6 Å². The SMILES string of the molecule is Cc1ncoc1C(=O)NCC(Br)C(C)C. The van der Waals surface area contributed by atoms with E-state index in [0.717, 1.165) is 0 Å². The molecule has 1 heterocycles. The van der Waals surface area contributed by atoms with Crippen LogP contribution >= 0.6 is 15.9 Å². The third-order valence-corrected chi connectivity index (χ3v) is 3.51. The van der Waals surface area contributed by atoms with Gasteiger partial charge >= 0.3 is 0 Å². The molecule has 0 aliphatic heterocycles. The van der Waals surface area contributed by atoms with Gasteiger partial charge in [-0.15, -0.1) is 0 Å². The van der Waals surface area contributed by atoms with Crippen molar-refractivity contribution >= 4 is 21.8 Å². The van der Waals surface area contributed by atoms with Crippen molar-refractivity contribution in [3.8, 4) is 0 Å². The van der Waals surface area contributed by atoms with Crippen molar-refractivity contribution in [1.29, 1.82) is 0 Å². The Morgan fingerprint density at radius 1 is 1.67 bits per heavy atom. The molecule has 1 unspecified atom stereocenters. The van der Waals surface area contributed by atoms with Crippen LogP contribution in [0.2, 0.25) is 0 Å². The number of aryl methyl sites for hydroxylation is 1. The molecular weight excluding hydrogens is 260 g/mol. The molecule has 1 amide bonds. The monoisotopic (exact) mass is 274 g/mol. The zero-order chi connectivity index (χ0) is 11.4. The first-order chi connectivity index (χ1) is 7.02. The fourth-order valence-corrected chi connectivity index (χ4v) is 1.19. The van der Waals surface area contributed by atoms with Gasteiger partial charge in [0.2, 0.25) is 5.76 Å². The summed E-state index contributed by atoms with van der Waals surface area (Å²) in [5.41, 5.74) is 0.614. The molecule has 4 nitrogen and oxygen atoms in total. The Hall–Kier alpha value is -0.840. The Morgan fingerprint density at radius 3 is 2.80 bits per heavy atom. The number of rotatable bonds is 4. The predicted molar refractivity (Wildman–Crippen MR) is 61.1 cm³/mol. The number of aromatic nitrogens is 1. The van der Waals surface area contributed by atoms with E-state index in [4.69, 9.17) is 4.42 Å². The molecular formula is C10H15BrN2O2. The second kappa shape index (κ2) is 5.30. The maximum atomic E-state index is 11.6. The summed E-state index contributed by atoms with van der Waals surface area (Å²) >= 11 is 3.49. The standard InChI is InChI=1S/C10H15BrN2O2/c1-6(2)8(11)4-12-10(14)9-7(3)13-5-15-9/h5-6,8H,4H2,1-3H3,(H,12,14). The third kappa shape index (κ3) is 3.34. The number of carbonyl (C=O) groups is 1. The molecule has 84 valence electrons. The highest BCUT2D eigenvalue weighted by molar-refractivity contribution is 9.09. The van der Waals surface area contributed by atoms with E-state index < -0.39 is 0 Å². The molecule has 5 heteroatoms. The van der Waals surface area contributed by atoms with Gasteiger partial charge in [0.25, 0.3) is 5.91 Å². The van der Waals surface area contributed by atoms with Gasteiger partial charge in [-0.2, -0.15) is 0 Å². The molecule has 0 radical (unpaired) electrons. The molecule has 0 aliphatic rings. The van der Waals surface area contributed by atoms with Crippen LogP contribution in [-0.4, -0.2) is 22.3 Å². The number of nitrogens with zero attached hydrogens (tertiary/aromatic N) is 1. The topological polar surface area (TPSA) is 55.1 Å². The van der Waals surface area contributed by atoms with Crippen molar-refractivity contribution in [2.45, 2.75) is 25.6 Å². The van der Waals surface area contributed by atoms with Crippen molar-refractivity contribution < 1.29 is 9.21 Å². The number of oxazole rings is 1. The number of hydrogen-bond acceptors (Lipinski definition) is 3. The molecule has 1 atom stereocenters. The molecule has 1 rings (SSSR count). The van der Waals surface area contributed by atoms with E-state index in [2.05, 4.69) is 40.1 Å². The summed E-state index contributed by atoms with van der Waals surface area (Å²) in [6.07, 6.45) is 1.28. The van der Waals surface area contributed by atoms with Crippen molar-refractivity contribution in [1.82, 2.24) is 10.3 Å². The van der Waals surface area contributed by atoms with Crippen LogP contribution in [0, 0.1) is 12.8 Å². The highest BCUT2D eigenvalue weighted by Gasteiger charge is 2.16. The van der Waals surface area contributed by atoms with E-state index in [0.29, 0.717) is 23.9 Å². The molecule has 1 N–H and O–H groups in total. The number of halogens is 1. The first kappa shape index (κ1) is 12.2. The van der Waals surface area contributed by atoms with Crippen LogP contribution < -0.4 is 5.32 Å². The van der Waals surface area contributed by atoms with Crippen molar-refractivity contribution in [2.75, 3.05) is 6.54 Å². The van der Waals surface area contributed by atoms with Gasteiger partial charge < -0.3 is 9.73 Å². The van der Waals surface area contributed by atoms with Crippen LogP contribution in [0.4, 0.5) is 0 Å². The highest BCUT2D eigenvalue weighted by atomic mass is 79.9. The number of hydrogen-bond donors (Lipinski definition) is 1. The largest absolute Gasteiger partial charge is 0.438 e. The molecule has 0 saturated heterocycles. The second-order valence-electron chi connectivity index (χ2n) is 3.74. The molecule has 1 aromatic rings. The lowest BCUT2D eigenvalue weighted by atomic mass is 10.1. The quantitative estimate of drug-likeness (QED) is 0.856. The number of nitrogens with one attached hydrogen (secondary N) is 1. The van der Waals surface area contributed by atoms with E-state index in [9.17, 15) is 4.79 Å². The van der Waals surface area contributed by atoms with E-state index in [-0.39, 0.29) is 10.7 Å². The molecule has 15 heavy (non-hydrogen) atoms. The van der Waals surface area contributed by atoms with Gasteiger partial charge in [-0.25, -0.2) is 4.98 Å². The first-order valence-electron chi connectivity index (χ1n) is 4.84. The third-order valence-electron chi connectivity index (χ3n) is 2.13. The van der Waals surface area contributed by atoms with Crippen LogP contribution in [0.1, 0.15) is 30.1 Å². The van der Waals surface area contributed by atoms with Crippen molar-refractivity contribution in [2.24, 2.45) is 5.92 Å². The summed E-state index contributed by atoms with van der Waals surface area (Å²) in [4.78, 5) is 15.7. The fraction of sp³-hybridized carbons (Fsp3) is 0.600. The lowest BCUT2D eigenvalue weighted by Gasteiger charge is -2.13. The van der Waals surface area contributed by atoms with E-state index in [1.807, 2.05) is 0 Å². The van der Waals surface area contributed by atoms with Gasteiger partial charge in [-0.1, -0.05) is 29.8 Å². The van der Waals surface area contributed by atoms with E-state index in [1.54, 1.807) is 6.92 Å². The molecule has 0 aliphatic carbocycles. The van der Waals surface area contributed by atoms with Gasteiger partial charge in [-0.3, -0.25) is 4.79 Å². The van der Waals surface area contributed by atoms with Crippen molar-refractivity contribution in [3.05, 3.63) is 17.8 Å². The maximum Gasteiger partial charge on any atom is 0.289 e. The van der Waals surface area contributed by atoms with Crippen molar-refractivity contribution in [3.63, 3.8) is 0 Å². The average molecular weight is 275 g/mol. The van der Waals surface area contributed by atoms with Gasteiger partial charge in [-0.05, 0) is 12.8 Å². The zero-order valence-corrected chi connectivity index (χ0v) is 10.7. The molecule has 0 spiro atoms. The van der Waals surface area contributed by atoms with Crippen LogP contribution in [-0.2, 0) is 0 Å². The minimum atomic E-state index is -0.213. The average Bonchev–Trinajstić information content (AvgIpc) is 2.60. The van der Waals surface area contributed by atoms with Crippen LogP contribution in [0.25, 0.3) is 0 Å². The number of carbonyl (C=O) groups excluding carboxylic acids is 1. The zero-order valence-electron chi connectivity index (χ0n) is 9.08. The molecule has 0 fully saturated rings. The summed E-state index contributed by atoms with van der Waals surface area (Å²) < 4.78 is 4.98. The molecule has 0 bridgehead atoms. The highest BCUT2D eigenvalue weighted by Crippen LogP contribution is 2.11. The Morgan fingerprint density at radius 2 is 2.33 bits per heavy atom. The fourth-order valence-electron chi connectivity index (χ4n) is 1.03. The van der Waals surface area contributed by atoms with Crippen LogP contribution in [0.15, 0.2) is 10.8 Å². The lowest BCUT2D eigenvalue weighted by molar-refractivity contribution is 0.0924. The molecule has 0 saturated carbocycles. The summed E-state index contributed by atoms with van der Waals surface area (Å²) in [5, 5.41) is 2.79. The minimum absolute atomic E-state index is 0.213. The van der Waals surface area contributed by atoms with Gasteiger partial charge in [0.15, 0.2) is 6.39 Å². The Kier molecular flexibility index (Phi) is 4.32. The summed E-state index contributed by atoms with van der Waals surface area (Å²) in [6.45, 7) is 6.50.